The number of aromatic nitrogens is 1. The van der Waals surface area contributed by atoms with E-state index in [9.17, 15) is 9.50 Å². The third-order valence-electron chi connectivity index (χ3n) is 3.61. The van der Waals surface area contributed by atoms with Gasteiger partial charge in [-0.1, -0.05) is 23.7 Å². The van der Waals surface area contributed by atoms with E-state index < -0.39 is 6.10 Å². The van der Waals surface area contributed by atoms with Gasteiger partial charge in [-0.05, 0) is 30.5 Å². The summed E-state index contributed by atoms with van der Waals surface area (Å²) in [5.74, 6) is -0.288. The maximum atomic E-state index is 12.9. The first-order valence-corrected chi connectivity index (χ1v) is 8.09. The monoisotopic (exact) mass is 326 g/mol. The summed E-state index contributed by atoms with van der Waals surface area (Å²) in [6.07, 6.45) is 3.48. The predicted molar refractivity (Wildman–Crippen MR) is 81.9 cm³/mol. The largest absolute Gasteiger partial charge is 0.387 e. The Kier molecular flexibility index (Phi) is 4.54. The minimum Gasteiger partial charge on any atom is -0.387 e. The molecule has 0 amide bonds. The second kappa shape index (κ2) is 6.40. The lowest BCUT2D eigenvalue weighted by atomic mass is 10.1. The number of halogens is 2. The van der Waals surface area contributed by atoms with Crippen LogP contribution in [-0.4, -0.2) is 27.6 Å². The fraction of sp³-hybridized carbons (Fsp3) is 0.400. The van der Waals surface area contributed by atoms with Gasteiger partial charge in [-0.25, -0.2) is 9.37 Å². The van der Waals surface area contributed by atoms with Crippen LogP contribution >= 0.6 is 22.9 Å². The molecule has 1 heterocycles. The third-order valence-corrected chi connectivity index (χ3v) is 4.71. The first-order valence-electron chi connectivity index (χ1n) is 6.89. The van der Waals surface area contributed by atoms with E-state index in [-0.39, 0.29) is 5.82 Å². The van der Waals surface area contributed by atoms with Crippen LogP contribution in [0, 0.1) is 5.82 Å². The fourth-order valence-corrected chi connectivity index (χ4v) is 3.36. The van der Waals surface area contributed by atoms with Crippen LogP contribution in [0.4, 0.5) is 4.39 Å². The van der Waals surface area contributed by atoms with Gasteiger partial charge >= 0.3 is 0 Å². The molecule has 1 unspecified atom stereocenters. The molecule has 1 aromatic heterocycles. The Hall–Kier alpha value is -1.01. The quantitative estimate of drug-likeness (QED) is 0.880. The molecule has 1 saturated carbocycles. The molecule has 0 spiro atoms. The zero-order valence-corrected chi connectivity index (χ0v) is 12.9. The number of rotatable bonds is 6. The second-order valence-electron chi connectivity index (χ2n) is 5.31. The Balaban J connectivity index is 1.66. The average molecular weight is 327 g/mol. The van der Waals surface area contributed by atoms with Crippen molar-refractivity contribution in [3.8, 4) is 0 Å². The van der Waals surface area contributed by atoms with Gasteiger partial charge in [-0.2, -0.15) is 0 Å². The Morgan fingerprint density at radius 1 is 1.38 bits per heavy atom. The van der Waals surface area contributed by atoms with Crippen LogP contribution < -0.4 is 0 Å². The van der Waals surface area contributed by atoms with Gasteiger partial charge in [0.1, 0.15) is 5.82 Å². The van der Waals surface area contributed by atoms with Gasteiger partial charge in [0.25, 0.3) is 0 Å². The van der Waals surface area contributed by atoms with Crippen molar-refractivity contribution >= 4 is 22.9 Å². The van der Waals surface area contributed by atoms with E-state index in [1.807, 2.05) is 0 Å². The van der Waals surface area contributed by atoms with Crippen LogP contribution in [0.3, 0.4) is 0 Å². The molecule has 1 fully saturated rings. The molecule has 3 rings (SSSR count). The van der Waals surface area contributed by atoms with Crippen LogP contribution in [0.15, 0.2) is 30.5 Å². The van der Waals surface area contributed by atoms with Crippen molar-refractivity contribution in [1.82, 2.24) is 9.88 Å². The highest BCUT2D eigenvalue weighted by atomic mass is 35.5. The van der Waals surface area contributed by atoms with Gasteiger partial charge in [-0.3, -0.25) is 4.90 Å². The molecule has 1 aliphatic rings. The van der Waals surface area contributed by atoms with Gasteiger partial charge < -0.3 is 5.11 Å². The van der Waals surface area contributed by atoms with Gasteiger partial charge in [0, 0.05) is 30.2 Å². The van der Waals surface area contributed by atoms with Crippen molar-refractivity contribution in [2.45, 2.75) is 31.5 Å². The van der Waals surface area contributed by atoms with Crippen molar-refractivity contribution in [3.63, 3.8) is 0 Å². The van der Waals surface area contributed by atoms with Crippen molar-refractivity contribution in [3.05, 3.63) is 51.2 Å². The highest BCUT2D eigenvalue weighted by Crippen LogP contribution is 2.31. The zero-order chi connectivity index (χ0) is 14.8. The Bertz CT molecular complexity index is 600. The second-order valence-corrected chi connectivity index (χ2v) is 7.00. The van der Waals surface area contributed by atoms with Gasteiger partial charge in [-0.15, -0.1) is 11.3 Å². The average Bonchev–Trinajstić information content (AvgIpc) is 3.23. The van der Waals surface area contributed by atoms with Gasteiger partial charge in [0.15, 0.2) is 4.47 Å². The highest BCUT2D eigenvalue weighted by Gasteiger charge is 2.30. The molecule has 0 aliphatic heterocycles. The zero-order valence-electron chi connectivity index (χ0n) is 11.4. The number of nitrogens with zero attached hydrogens (tertiary/aromatic N) is 2. The standard InChI is InChI=1S/C15H16ClFN2OS/c16-15-18-7-13(21-15)8-19(12-5-6-12)9-14(20)10-1-3-11(17)4-2-10/h1-4,7,12,14,20H,5-6,8-9H2. The highest BCUT2D eigenvalue weighted by molar-refractivity contribution is 7.15. The number of aliphatic hydroxyl groups is 1. The van der Waals surface area contributed by atoms with E-state index >= 15 is 0 Å². The fourth-order valence-electron chi connectivity index (χ4n) is 2.35. The first-order chi connectivity index (χ1) is 10.1. The number of hydrogen-bond acceptors (Lipinski definition) is 4. The molecular formula is C15H16ClFN2OS. The summed E-state index contributed by atoms with van der Waals surface area (Å²) in [7, 11) is 0. The molecule has 6 heteroatoms. The summed E-state index contributed by atoms with van der Waals surface area (Å²) in [5, 5.41) is 10.3. The molecule has 1 aromatic carbocycles. The Morgan fingerprint density at radius 2 is 2.10 bits per heavy atom. The lowest BCUT2D eigenvalue weighted by Gasteiger charge is -2.24. The summed E-state index contributed by atoms with van der Waals surface area (Å²) >= 11 is 7.33. The molecule has 1 aliphatic carbocycles. The minimum atomic E-state index is -0.616. The molecular weight excluding hydrogens is 311 g/mol. The van der Waals surface area contributed by atoms with E-state index in [2.05, 4.69) is 9.88 Å². The van der Waals surface area contributed by atoms with Crippen LogP contribution in [0.25, 0.3) is 0 Å². The molecule has 2 aromatic rings. The van der Waals surface area contributed by atoms with Gasteiger partial charge in [0.05, 0.1) is 6.10 Å². The number of benzene rings is 1. The molecule has 0 radical (unpaired) electrons. The van der Waals surface area contributed by atoms with Crippen LogP contribution in [0.1, 0.15) is 29.4 Å². The van der Waals surface area contributed by atoms with Gasteiger partial charge in [0.2, 0.25) is 0 Å². The normalized spacial score (nSPS) is 16.4. The third kappa shape index (κ3) is 4.01. The lowest BCUT2D eigenvalue weighted by molar-refractivity contribution is 0.105. The van der Waals surface area contributed by atoms with E-state index in [1.54, 1.807) is 18.3 Å². The van der Waals surface area contributed by atoms with E-state index in [4.69, 9.17) is 11.6 Å². The van der Waals surface area contributed by atoms with Crippen LogP contribution in [-0.2, 0) is 6.54 Å². The van der Waals surface area contributed by atoms with E-state index in [0.29, 0.717) is 17.1 Å². The molecule has 3 nitrogen and oxygen atoms in total. The summed E-state index contributed by atoms with van der Waals surface area (Å²) in [6, 6.07) is 6.54. The molecule has 0 saturated heterocycles. The van der Waals surface area contributed by atoms with Crippen molar-refractivity contribution in [1.29, 1.82) is 0 Å². The maximum absolute atomic E-state index is 12.9. The Morgan fingerprint density at radius 3 is 2.67 bits per heavy atom. The maximum Gasteiger partial charge on any atom is 0.183 e. The summed E-state index contributed by atoms with van der Waals surface area (Å²) in [4.78, 5) is 7.39. The first kappa shape index (κ1) is 14.9. The Labute approximate surface area is 132 Å². The molecule has 21 heavy (non-hydrogen) atoms. The molecule has 1 N–H and O–H groups in total. The molecule has 1 atom stereocenters. The van der Waals surface area contributed by atoms with Crippen molar-refractivity contribution in [2.75, 3.05) is 6.54 Å². The lowest BCUT2D eigenvalue weighted by Crippen LogP contribution is -2.30. The van der Waals surface area contributed by atoms with Crippen molar-refractivity contribution < 1.29 is 9.50 Å². The number of aliphatic hydroxyl groups excluding tert-OH is 1. The number of hydrogen-bond donors (Lipinski definition) is 1. The van der Waals surface area contributed by atoms with E-state index in [0.717, 1.165) is 29.8 Å². The predicted octanol–water partition coefficient (Wildman–Crippen LogP) is 3.63. The molecule has 0 bridgehead atoms. The summed E-state index contributed by atoms with van der Waals surface area (Å²) < 4.78 is 13.5. The van der Waals surface area contributed by atoms with Crippen LogP contribution in [0.5, 0.6) is 0 Å². The summed E-state index contributed by atoms with van der Waals surface area (Å²) in [6.45, 7) is 1.28. The summed E-state index contributed by atoms with van der Waals surface area (Å²) in [5.41, 5.74) is 0.740. The number of thiazole rings is 1. The van der Waals surface area contributed by atoms with E-state index in [1.165, 1.54) is 23.5 Å². The van der Waals surface area contributed by atoms with Crippen LogP contribution in [0.2, 0.25) is 4.47 Å². The van der Waals surface area contributed by atoms with Crippen molar-refractivity contribution in [2.24, 2.45) is 0 Å². The molecule has 112 valence electrons. The smallest absolute Gasteiger partial charge is 0.183 e. The SMILES string of the molecule is OC(CN(Cc1cnc(Cl)s1)C1CC1)c1ccc(F)cc1. The topological polar surface area (TPSA) is 36.4 Å². The minimum absolute atomic E-state index is 0.288.